The highest BCUT2D eigenvalue weighted by Crippen LogP contribution is 2.27. The van der Waals surface area contributed by atoms with Gasteiger partial charge in [0.25, 0.3) is 0 Å². The molecular formula is C15H24N2O2S. The normalized spacial score (nSPS) is 9.95. The number of hydrogen-bond donors (Lipinski definition) is 2. The molecule has 2 N–H and O–H groups in total. The second-order valence-corrected chi connectivity index (χ2v) is 4.88. The number of benzene rings is 1. The molecule has 1 aromatic rings. The van der Waals surface area contributed by atoms with Gasteiger partial charge in [-0.25, -0.2) is 0 Å². The van der Waals surface area contributed by atoms with Crippen molar-refractivity contribution in [3.63, 3.8) is 0 Å². The highest BCUT2D eigenvalue weighted by Gasteiger charge is 2.04. The molecule has 0 unspecified atom stereocenters. The minimum atomic E-state index is 0.721. The fraction of sp³-hybridized carbons (Fsp3) is 0.533. The lowest BCUT2D eigenvalue weighted by Crippen LogP contribution is -2.36. The first-order chi connectivity index (χ1) is 9.71. The zero-order valence-electron chi connectivity index (χ0n) is 12.5. The monoisotopic (exact) mass is 296 g/mol. The zero-order chi connectivity index (χ0) is 14.8. The van der Waals surface area contributed by atoms with Crippen LogP contribution in [0.3, 0.4) is 0 Å². The Balaban J connectivity index is 2.36. The van der Waals surface area contributed by atoms with Gasteiger partial charge in [0.15, 0.2) is 16.6 Å². The summed E-state index contributed by atoms with van der Waals surface area (Å²) < 4.78 is 10.5. The van der Waals surface area contributed by atoms with Gasteiger partial charge in [-0.05, 0) is 42.8 Å². The number of nitrogens with one attached hydrogen (secondary N) is 2. The van der Waals surface area contributed by atoms with Gasteiger partial charge in [-0.2, -0.15) is 0 Å². The summed E-state index contributed by atoms with van der Waals surface area (Å²) in [5.74, 6) is 1.51. The predicted molar refractivity (Wildman–Crippen MR) is 86.8 cm³/mol. The quantitative estimate of drug-likeness (QED) is 0.570. The van der Waals surface area contributed by atoms with Gasteiger partial charge in [-0.3, -0.25) is 0 Å². The van der Waals surface area contributed by atoms with E-state index >= 15 is 0 Å². The van der Waals surface area contributed by atoms with Gasteiger partial charge in [0.05, 0.1) is 14.2 Å². The lowest BCUT2D eigenvalue weighted by molar-refractivity contribution is 0.354. The van der Waals surface area contributed by atoms with Gasteiger partial charge in [-0.15, -0.1) is 0 Å². The molecule has 0 aliphatic rings. The molecule has 0 spiro atoms. The van der Waals surface area contributed by atoms with E-state index in [1.807, 2.05) is 18.2 Å². The van der Waals surface area contributed by atoms with Gasteiger partial charge in [0.2, 0.25) is 0 Å². The van der Waals surface area contributed by atoms with Crippen LogP contribution in [-0.2, 0) is 6.42 Å². The van der Waals surface area contributed by atoms with Crippen molar-refractivity contribution in [1.82, 2.24) is 10.6 Å². The van der Waals surface area contributed by atoms with Crippen LogP contribution in [-0.4, -0.2) is 32.4 Å². The van der Waals surface area contributed by atoms with Crippen LogP contribution in [0.2, 0.25) is 0 Å². The molecule has 0 heterocycles. The first-order valence-electron chi connectivity index (χ1n) is 6.93. The smallest absolute Gasteiger partial charge is 0.166 e. The number of hydrogen-bond acceptors (Lipinski definition) is 3. The fourth-order valence-corrected chi connectivity index (χ4v) is 2.00. The predicted octanol–water partition coefficient (Wildman–Crippen LogP) is 2.51. The molecule has 0 aromatic heterocycles. The minimum Gasteiger partial charge on any atom is -0.493 e. The van der Waals surface area contributed by atoms with Crippen LogP contribution >= 0.6 is 12.2 Å². The van der Waals surface area contributed by atoms with Crippen LogP contribution in [0.1, 0.15) is 25.3 Å². The van der Waals surface area contributed by atoms with Crippen LogP contribution in [0.5, 0.6) is 11.5 Å². The summed E-state index contributed by atoms with van der Waals surface area (Å²) >= 11 is 5.20. The summed E-state index contributed by atoms with van der Waals surface area (Å²) in [5.41, 5.74) is 1.19. The van der Waals surface area contributed by atoms with Crippen molar-refractivity contribution in [2.24, 2.45) is 0 Å². The molecule has 0 atom stereocenters. The number of methoxy groups -OCH3 is 2. The Bertz CT molecular complexity index is 424. The summed E-state index contributed by atoms with van der Waals surface area (Å²) in [6.07, 6.45) is 3.19. The van der Waals surface area contributed by atoms with Crippen LogP contribution in [0.25, 0.3) is 0 Å². The number of thiocarbonyl (C=S) groups is 1. The van der Waals surface area contributed by atoms with Crippen LogP contribution < -0.4 is 20.1 Å². The second-order valence-electron chi connectivity index (χ2n) is 4.48. The zero-order valence-corrected chi connectivity index (χ0v) is 13.3. The molecule has 0 amide bonds. The molecule has 1 rings (SSSR count). The summed E-state index contributed by atoms with van der Waals surface area (Å²) in [5, 5.41) is 7.11. The maximum atomic E-state index is 5.29. The molecule has 0 aliphatic carbocycles. The van der Waals surface area contributed by atoms with Crippen LogP contribution in [0, 0.1) is 0 Å². The fourth-order valence-electron chi connectivity index (χ4n) is 1.80. The second kappa shape index (κ2) is 9.42. The highest BCUT2D eigenvalue weighted by molar-refractivity contribution is 7.80. The van der Waals surface area contributed by atoms with Crippen molar-refractivity contribution in [2.45, 2.75) is 26.2 Å². The molecule has 0 fully saturated rings. The van der Waals surface area contributed by atoms with Gasteiger partial charge >= 0.3 is 0 Å². The standard InChI is InChI=1S/C15H24N2O2S/c1-4-5-9-16-15(20)17-10-8-12-6-7-13(18-2)14(11-12)19-3/h6-7,11H,4-5,8-10H2,1-3H3,(H2,16,17,20). The maximum absolute atomic E-state index is 5.29. The topological polar surface area (TPSA) is 42.5 Å². The Morgan fingerprint density at radius 3 is 2.45 bits per heavy atom. The van der Waals surface area contributed by atoms with E-state index in [-0.39, 0.29) is 0 Å². The molecule has 20 heavy (non-hydrogen) atoms. The van der Waals surface area contributed by atoms with Crippen LogP contribution in [0.4, 0.5) is 0 Å². The molecule has 0 aliphatic heterocycles. The summed E-state index contributed by atoms with van der Waals surface area (Å²) in [4.78, 5) is 0. The molecular weight excluding hydrogens is 272 g/mol. The Hall–Kier alpha value is -1.49. The van der Waals surface area contributed by atoms with E-state index in [9.17, 15) is 0 Å². The lowest BCUT2D eigenvalue weighted by Gasteiger charge is -2.11. The molecule has 0 bridgehead atoms. The van der Waals surface area contributed by atoms with Gasteiger partial charge in [-0.1, -0.05) is 19.4 Å². The summed E-state index contributed by atoms with van der Waals surface area (Å²) in [6.45, 7) is 3.89. The van der Waals surface area contributed by atoms with E-state index < -0.39 is 0 Å². The first kappa shape index (κ1) is 16.6. The molecule has 0 radical (unpaired) electrons. The highest BCUT2D eigenvalue weighted by atomic mass is 32.1. The third-order valence-corrected chi connectivity index (χ3v) is 3.25. The lowest BCUT2D eigenvalue weighted by atomic mass is 10.1. The largest absolute Gasteiger partial charge is 0.493 e. The molecule has 4 nitrogen and oxygen atoms in total. The number of ether oxygens (including phenoxy) is 2. The van der Waals surface area contributed by atoms with Gasteiger partial charge < -0.3 is 20.1 Å². The van der Waals surface area contributed by atoms with Crippen molar-refractivity contribution >= 4 is 17.3 Å². The van der Waals surface area contributed by atoms with Crippen LogP contribution in [0.15, 0.2) is 18.2 Å². The molecule has 0 saturated carbocycles. The van der Waals surface area contributed by atoms with E-state index in [4.69, 9.17) is 21.7 Å². The Morgan fingerprint density at radius 2 is 1.80 bits per heavy atom. The van der Waals surface area contributed by atoms with Gasteiger partial charge in [0.1, 0.15) is 0 Å². The van der Waals surface area contributed by atoms with Crippen molar-refractivity contribution in [3.8, 4) is 11.5 Å². The average Bonchev–Trinajstić information content (AvgIpc) is 2.47. The minimum absolute atomic E-state index is 0.721. The summed E-state index contributed by atoms with van der Waals surface area (Å²) in [7, 11) is 3.28. The summed E-state index contributed by atoms with van der Waals surface area (Å²) in [6, 6.07) is 5.96. The van der Waals surface area contributed by atoms with E-state index in [0.717, 1.165) is 42.5 Å². The van der Waals surface area contributed by atoms with Gasteiger partial charge in [0, 0.05) is 13.1 Å². The van der Waals surface area contributed by atoms with Crippen molar-refractivity contribution in [2.75, 3.05) is 27.3 Å². The van der Waals surface area contributed by atoms with E-state index in [1.165, 1.54) is 12.0 Å². The van der Waals surface area contributed by atoms with E-state index in [1.54, 1.807) is 14.2 Å². The third kappa shape index (κ3) is 5.65. The first-order valence-corrected chi connectivity index (χ1v) is 7.34. The molecule has 5 heteroatoms. The number of unbranched alkanes of at least 4 members (excludes halogenated alkanes) is 1. The van der Waals surface area contributed by atoms with Crippen molar-refractivity contribution in [1.29, 1.82) is 0 Å². The number of rotatable bonds is 8. The molecule has 0 saturated heterocycles. The SMILES string of the molecule is CCCCNC(=S)NCCc1ccc(OC)c(OC)c1. The average molecular weight is 296 g/mol. The van der Waals surface area contributed by atoms with E-state index in [2.05, 4.69) is 17.6 Å². The molecule has 112 valence electrons. The maximum Gasteiger partial charge on any atom is 0.166 e. The Labute approximate surface area is 126 Å². The van der Waals surface area contributed by atoms with E-state index in [0.29, 0.717) is 0 Å². The molecule has 1 aromatic carbocycles. The van der Waals surface area contributed by atoms with Crippen molar-refractivity contribution < 1.29 is 9.47 Å². The third-order valence-electron chi connectivity index (χ3n) is 2.96. The van der Waals surface area contributed by atoms with Crippen molar-refractivity contribution in [3.05, 3.63) is 23.8 Å². The Kier molecular flexibility index (Phi) is 7.80. The Morgan fingerprint density at radius 1 is 1.10 bits per heavy atom.